The number of carbonyl (C=O) groups excluding carboxylic acids is 1. The van der Waals surface area contributed by atoms with Gasteiger partial charge in [-0.25, -0.2) is 18.4 Å². The van der Waals surface area contributed by atoms with Crippen LogP contribution in [0, 0.1) is 5.92 Å². The van der Waals surface area contributed by atoms with Crippen molar-refractivity contribution in [1.82, 2.24) is 24.6 Å². The van der Waals surface area contributed by atoms with Crippen molar-refractivity contribution in [2.75, 3.05) is 19.4 Å². The number of halogens is 2. The maximum Gasteiger partial charge on any atom is 0.252 e. The van der Waals surface area contributed by atoms with Crippen molar-refractivity contribution in [3.05, 3.63) is 29.7 Å². The minimum Gasteiger partial charge on any atom is -0.390 e. The SMILES string of the molecule is CN(C)C(=O)C1CC1c1cc(NC2CCC(F)(F)CC2)nc(-n2ccc(CO)n2)n1. The minimum atomic E-state index is -2.59. The van der Waals surface area contributed by atoms with Gasteiger partial charge in [0.1, 0.15) is 5.82 Å². The van der Waals surface area contributed by atoms with Crippen LogP contribution in [0.1, 0.15) is 49.4 Å². The van der Waals surface area contributed by atoms with Crippen molar-refractivity contribution < 1.29 is 18.7 Å². The Kier molecular flexibility index (Phi) is 5.44. The predicted octanol–water partition coefficient (Wildman–Crippen LogP) is 2.34. The summed E-state index contributed by atoms with van der Waals surface area (Å²) in [6.45, 7) is -0.198. The molecule has 10 heteroatoms. The predicted molar refractivity (Wildman–Crippen MR) is 105 cm³/mol. The molecule has 0 radical (unpaired) electrons. The van der Waals surface area contributed by atoms with E-state index < -0.39 is 5.92 Å². The number of anilines is 1. The first-order valence-electron chi connectivity index (χ1n) is 10.2. The third kappa shape index (κ3) is 4.43. The summed E-state index contributed by atoms with van der Waals surface area (Å²) in [6.07, 6.45) is 2.81. The molecular weight excluding hydrogens is 394 g/mol. The van der Waals surface area contributed by atoms with Gasteiger partial charge in [0, 0.05) is 57.1 Å². The third-order valence-corrected chi connectivity index (χ3v) is 5.74. The summed E-state index contributed by atoms with van der Waals surface area (Å²) in [5, 5.41) is 16.8. The van der Waals surface area contributed by atoms with Crippen LogP contribution in [0.3, 0.4) is 0 Å². The summed E-state index contributed by atoms with van der Waals surface area (Å²) in [5.41, 5.74) is 1.21. The van der Waals surface area contributed by atoms with Gasteiger partial charge >= 0.3 is 0 Å². The molecule has 8 nitrogen and oxygen atoms in total. The summed E-state index contributed by atoms with van der Waals surface area (Å²) in [4.78, 5) is 23.0. The summed E-state index contributed by atoms with van der Waals surface area (Å²) in [6, 6.07) is 3.38. The van der Waals surface area contributed by atoms with E-state index in [1.165, 1.54) is 4.68 Å². The molecule has 162 valence electrons. The summed E-state index contributed by atoms with van der Waals surface area (Å²) in [5.74, 6) is -1.80. The van der Waals surface area contributed by atoms with Crippen molar-refractivity contribution in [1.29, 1.82) is 0 Å². The molecule has 0 saturated heterocycles. The summed E-state index contributed by atoms with van der Waals surface area (Å²) in [7, 11) is 3.46. The summed E-state index contributed by atoms with van der Waals surface area (Å²) < 4.78 is 28.4. The molecule has 0 aliphatic heterocycles. The number of aromatic nitrogens is 4. The molecule has 1 amide bonds. The normalized spacial score (nSPS) is 23.2. The van der Waals surface area contributed by atoms with Crippen LogP contribution in [-0.4, -0.2) is 61.7 Å². The molecule has 4 rings (SSSR count). The number of alkyl halides is 2. The Morgan fingerprint density at radius 2 is 2.07 bits per heavy atom. The van der Waals surface area contributed by atoms with E-state index in [9.17, 15) is 18.7 Å². The standard InChI is InChI=1S/C20H26F2N6O2/c1-27(2)18(30)15-9-14(15)16-10-17(23-12-3-6-20(21,22)7-4-12)25-19(24-16)28-8-5-13(11-29)26-28/h5,8,10,12,14-15,29H,3-4,6-7,9,11H2,1-2H3,(H,23,24,25). The molecule has 2 aliphatic carbocycles. The molecule has 0 aromatic carbocycles. The lowest BCUT2D eigenvalue weighted by Gasteiger charge is -2.29. The first kappa shape index (κ1) is 20.6. The second-order valence-electron chi connectivity index (χ2n) is 8.34. The number of aliphatic hydroxyl groups excluding tert-OH is 1. The second-order valence-corrected chi connectivity index (χ2v) is 8.34. The molecular formula is C20H26F2N6O2. The van der Waals surface area contributed by atoms with Crippen LogP contribution in [-0.2, 0) is 11.4 Å². The van der Waals surface area contributed by atoms with Gasteiger partial charge < -0.3 is 15.3 Å². The molecule has 0 bridgehead atoms. The van der Waals surface area contributed by atoms with Crippen LogP contribution in [0.5, 0.6) is 0 Å². The van der Waals surface area contributed by atoms with E-state index >= 15 is 0 Å². The highest BCUT2D eigenvalue weighted by molar-refractivity contribution is 5.82. The highest BCUT2D eigenvalue weighted by Gasteiger charge is 2.46. The van der Waals surface area contributed by atoms with Gasteiger partial charge in [-0.15, -0.1) is 0 Å². The number of aliphatic hydroxyl groups is 1. The number of nitrogens with zero attached hydrogens (tertiary/aromatic N) is 5. The topological polar surface area (TPSA) is 96.2 Å². The molecule has 2 aromatic heterocycles. The van der Waals surface area contributed by atoms with Crippen molar-refractivity contribution in [2.45, 2.75) is 56.6 Å². The Balaban J connectivity index is 1.59. The van der Waals surface area contributed by atoms with E-state index in [1.807, 2.05) is 0 Å². The molecule has 2 fully saturated rings. The van der Waals surface area contributed by atoms with Crippen LogP contribution in [0.2, 0.25) is 0 Å². The fourth-order valence-electron chi connectivity index (χ4n) is 3.90. The van der Waals surface area contributed by atoms with E-state index in [2.05, 4.69) is 20.4 Å². The second kappa shape index (κ2) is 7.90. The maximum absolute atomic E-state index is 13.5. The van der Waals surface area contributed by atoms with Gasteiger partial charge in [0.05, 0.1) is 18.0 Å². The van der Waals surface area contributed by atoms with Gasteiger partial charge in [0.25, 0.3) is 5.95 Å². The smallest absolute Gasteiger partial charge is 0.252 e. The lowest BCUT2D eigenvalue weighted by atomic mass is 9.92. The first-order valence-corrected chi connectivity index (χ1v) is 10.2. The van der Waals surface area contributed by atoms with Gasteiger partial charge in [-0.1, -0.05) is 0 Å². The third-order valence-electron chi connectivity index (χ3n) is 5.74. The van der Waals surface area contributed by atoms with Gasteiger partial charge in [-0.3, -0.25) is 4.79 Å². The highest BCUT2D eigenvalue weighted by atomic mass is 19.3. The zero-order chi connectivity index (χ0) is 21.5. The van der Waals surface area contributed by atoms with Crippen molar-refractivity contribution in [2.24, 2.45) is 5.92 Å². The average Bonchev–Trinajstić information content (AvgIpc) is 3.37. The van der Waals surface area contributed by atoms with Crippen LogP contribution in [0.15, 0.2) is 18.3 Å². The van der Waals surface area contributed by atoms with Gasteiger partial charge in [0.2, 0.25) is 11.8 Å². The van der Waals surface area contributed by atoms with Crippen LogP contribution < -0.4 is 5.32 Å². The van der Waals surface area contributed by atoms with E-state index in [0.29, 0.717) is 36.7 Å². The molecule has 2 N–H and O–H groups in total. The van der Waals surface area contributed by atoms with Gasteiger partial charge in [-0.05, 0) is 25.3 Å². The molecule has 2 aromatic rings. The fourth-order valence-corrected chi connectivity index (χ4v) is 3.90. The molecule has 2 heterocycles. The monoisotopic (exact) mass is 420 g/mol. The lowest BCUT2D eigenvalue weighted by molar-refractivity contribution is -0.130. The quantitative estimate of drug-likeness (QED) is 0.745. The number of nitrogens with one attached hydrogen (secondary N) is 1. The first-order chi connectivity index (χ1) is 14.3. The van der Waals surface area contributed by atoms with Gasteiger partial charge in [-0.2, -0.15) is 10.1 Å². The number of hydrogen-bond donors (Lipinski definition) is 2. The largest absolute Gasteiger partial charge is 0.390 e. The maximum atomic E-state index is 13.5. The molecule has 2 saturated carbocycles. The number of carbonyl (C=O) groups is 1. The van der Waals surface area contributed by atoms with Crippen LogP contribution in [0.25, 0.3) is 5.95 Å². The van der Waals surface area contributed by atoms with Crippen LogP contribution in [0.4, 0.5) is 14.6 Å². The van der Waals surface area contributed by atoms with Gasteiger partial charge in [0.15, 0.2) is 0 Å². The van der Waals surface area contributed by atoms with E-state index in [1.54, 1.807) is 37.3 Å². The Morgan fingerprint density at radius 1 is 1.33 bits per heavy atom. The molecule has 30 heavy (non-hydrogen) atoms. The number of hydrogen-bond acceptors (Lipinski definition) is 6. The minimum absolute atomic E-state index is 0.00855. The van der Waals surface area contributed by atoms with E-state index in [0.717, 1.165) is 5.69 Å². The number of amides is 1. The van der Waals surface area contributed by atoms with Crippen molar-refractivity contribution in [3.63, 3.8) is 0 Å². The average molecular weight is 420 g/mol. The molecule has 0 spiro atoms. The Morgan fingerprint density at radius 3 is 2.70 bits per heavy atom. The van der Waals surface area contributed by atoms with E-state index in [-0.39, 0.29) is 43.2 Å². The Labute approximate surface area is 173 Å². The zero-order valence-corrected chi connectivity index (χ0v) is 17.1. The molecule has 2 aliphatic rings. The highest BCUT2D eigenvalue weighted by Crippen LogP contribution is 2.48. The van der Waals surface area contributed by atoms with Crippen molar-refractivity contribution >= 4 is 11.7 Å². The molecule has 2 atom stereocenters. The molecule has 2 unspecified atom stereocenters. The lowest BCUT2D eigenvalue weighted by Crippen LogP contribution is -2.32. The van der Waals surface area contributed by atoms with Crippen molar-refractivity contribution in [3.8, 4) is 5.95 Å². The number of rotatable bonds is 6. The van der Waals surface area contributed by atoms with E-state index in [4.69, 9.17) is 0 Å². The Hall–Kier alpha value is -2.62. The Bertz CT molecular complexity index is 922. The zero-order valence-electron chi connectivity index (χ0n) is 17.1. The fraction of sp³-hybridized carbons (Fsp3) is 0.600. The van der Waals surface area contributed by atoms with Crippen LogP contribution >= 0.6 is 0 Å². The summed E-state index contributed by atoms with van der Waals surface area (Å²) >= 11 is 0.